The van der Waals surface area contributed by atoms with Crippen molar-refractivity contribution in [3.63, 3.8) is 0 Å². The molecule has 0 unspecified atom stereocenters. The third kappa shape index (κ3) is 2.17. The monoisotopic (exact) mass is 284 g/mol. The Hall–Kier alpha value is -2.26. The van der Waals surface area contributed by atoms with E-state index in [-0.39, 0.29) is 6.03 Å². The van der Waals surface area contributed by atoms with Crippen molar-refractivity contribution in [3.8, 4) is 0 Å². The van der Waals surface area contributed by atoms with Crippen LogP contribution in [0.15, 0.2) is 54.7 Å². The zero-order valence-corrected chi connectivity index (χ0v) is 11.7. The number of amides is 1. The second-order valence-corrected chi connectivity index (χ2v) is 4.99. The van der Waals surface area contributed by atoms with Crippen LogP contribution in [0.5, 0.6) is 0 Å². The summed E-state index contributed by atoms with van der Waals surface area (Å²) in [6.07, 6.45) is 1.76. The molecule has 1 N–H and O–H groups in total. The molecule has 2 aromatic carbocycles. The van der Waals surface area contributed by atoms with Gasteiger partial charge in [-0.3, -0.25) is 4.57 Å². The van der Waals surface area contributed by atoms with E-state index in [1.54, 1.807) is 16.8 Å². The summed E-state index contributed by atoms with van der Waals surface area (Å²) in [4.78, 5) is 12.4. The van der Waals surface area contributed by atoms with Gasteiger partial charge in [-0.25, -0.2) is 4.79 Å². The number of carbonyl (C=O) groups excluding carboxylic acids is 1. The molecule has 20 heavy (non-hydrogen) atoms. The number of fused-ring (bicyclic) bond motifs is 1. The van der Waals surface area contributed by atoms with Crippen molar-refractivity contribution in [3.05, 3.63) is 65.3 Å². The number of nitrogens with one attached hydrogen (secondary N) is 1. The number of aromatic nitrogens is 1. The standard InChI is InChI=1S/C16H13ClN2O/c1-11-13(17)6-4-7-14(11)18-16(20)19-10-9-12-5-2-3-8-15(12)19/h2-10H,1H3,(H,18,20). The van der Waals surface area contributed by atoms with Gasteiger partial charge in [0.2, 0.25) is 0 Å². The van der Waals surface area contributed by atoms with Gasteiger partial charge >= 0.3 is 6.03 Å². The summed E-state index contributed by atoms with van der Waals surface area (Å²) in [5, 5.41) is 4.56. The lowest BCUT2D eigenvalue weighted by Crippen LogP contribution is -2.18. The maximum atomic E-state index is 12.4. The van der Waals surface area contributed by atoms with Gasteiger partial charge in [0.15, 0.2) is 0 Å². The molecule has 0 bridgehead atoms. The summed E-state index contributed by atoms with van der Waals surface area (Å²) in [6, 6.07) is 14.9. The molecule has 0 aliphatic carbocycles. The maximum absolute atomic E-state index is 12.4. The quantitative estimate of drug-likeness (QED) is 0.691. The summed E-state index contributed by atoms with van der Waals surface area (Å²) in [7, 11) is 0. The zero-order chi connectivity index (χ0) is 14.1. The van der Waals surface area contributed by atoms with Crippen LogP contribution in [-0.2, 0) is 0 Å². The van der Waals surface area contributed by atoms with Gasteiger partial charge < -0.3 is 5.32 Å². The molecular weight excluding hydrogens is 272 g/mol. The van der Waals surface area contributed by atoms with E-state index >= 15 is 0 Å². The molecule has 1 amide bonds. The van der Waals surface area contributed by atoms with Crippen LogP contribution in [0.25, 0.3) is 10.9 Å². The van der Waals surface area contributed by atoms with E-state index in [9.17, 15) is 4.79 Å². The number of benzene rings is 2. The fraction of sp³-hybridized carbons (Fsp3) is 0.0625. The number of hydrogen-bond donors (Lipinski definition) is 1. The zero-order valence-electron chi connectivity index (χ0n) is 10.9. The highest BCUT2D eigenvalue weighted by atomic mass is 35.5. The smallest absolute Gasteiger partial charge is 0.307 e. The Morgan fingerprint density at radius 2 is 1.90 bits per heavy atom. The predicted octanol–water partition coefficient (Wildman–Crippen LogP) is 4.68. The average molecular weight is 285 g/mol. The first kappa shape index (κ1) is 12.8. The van der Waals surface area contributed by atoms with Gasteiger partial charge in [-0.2, -0.15) is 0 Å². The lowest BCUT2D eigenvalue weighted by atomic mass is 10.2. The van der Waals surface area contributed by atoms with Gasteiger partial charge in [0.05, 0.1) is 5.52 Å². The minimum Gasteiger partial charge on any atom is -0.307 e. The minimum atomic E-state index is -0.198. The van der Waals surface area contributed by atoms with Crippen molar-refractivity contribution < 1.29 is 4.79 Å². The molecule has 1 heterocycles. The highest BCUT2D eigenvalue weighted by molar-refractivity contribution is 6.31. The fourth-order valence-corrected chi connectivity index (χ4v) is 2.35. The van der Waals surface area contributed by atoms with E-state index in [4.69, 9.17) is 11.6 Å². The van der Waals surface area contributed by atoms with Crippen LogP contribution in [0.3, 0.4) is 0 Å². The van der Waals surface area contributed by atoms with Crippen molar-refractivity contribution in [2.24, 2.45) is 0 Å². The van der Waals surface area contributed by atoms with Gasteiger partial charge in [0.25, 0.3) is 0 Å². The average Bonchev–Trinajstić information content (AvgIpc) is 2.88. The number of hydrogen-bond acceptors (Lipinski definition) is 1. The van der Waals surface area contributed by atoms with E-state index in [1.807, 2.05) is 49.4 Å². The molecule has 0 radical (unpaired) electrons. The Balaban J connectivity index is 1.95. The Bertz CT molecular complexity index is 792. The number of nitrogens with zero attached hydrogens (tertiary/aromatic N) is 1. The molecule has 3 rings (SSSR count). The largest absolute Gasteiger partial charge is 0.330 e. The topological polar surface area (TPSA) is 34.0 Å². The summed E-state index contributed by atoms with van der Waals surface area (Å²) in [5.41, 5.74) is 2.46. The van der Waals surface area contributed by atoms with Crippen molar-refractivity contribution in [1.82, 2.24) is 4.57 Å². The number of rotatable bonds is 1. The van der Waals surface area contributed by atoms with E-state index in [0.717, 1.165) is 22.2 Å². The molecule has 3 aromatic rings. The van der Waals surface area contributed by atoms with Gasteiger partial charge in [-0.1, -0.05) is 35.9 Å². The van der Waals surface area contributed by atoms with E-state index in [0.29, 0.717) is 5.02 Å². The Morgan fingerprint density at radius 3 is 2.75 bits per heavy atom. The first-order valence-electron chi connectivity index (χ1n) is 6.29. The predicted molar refractivity (Wildman–Crippen MR) is 82.5 cm³/mol. The molecular formula is C16H13ClN2O. The summed E-state index contributed by atoms with van der Waals surface area (Å²) >= 11 is 6.06. The van der Waals surface area contributed by atoms with E-state index < -0.39 is 0 Å². The van der Waals surface area contributed by atoms with Crippen LogP contribution < -0.4 is 5.32 Å². The summed E-state index contributed by atoms with van der Waals surface area (Å²) in [6.45, 7) is 1.88. The lowest BCUT2D eigenvalue weighted by molar-refractivity contribution is 0.254. The van der Waals surface area contributed by atoms with E-state index in [2.05, 4.69) is 5.32 Å². The Morgan fingerprint density at radius 1 is 1.10 bits per heavy atom. The molecule has 1 aromatic heterocycles. The SMILES string of the molecule is Cc1c(Cl)cccc1NC(=O)n1ccc2ccccc21. The second-order valence-electron chi connectivity index (χ2n) is 4.59. The van der Waals surface area contributed by atoms with Crippen LogP contribution in [-0.4, -0.2) is 10.6 Å². The van der Waals surface area contributed by atoms with Crippen molar-refractivity contribution >= 4 is 34.2 Å². The van der Waals surface area contributed by atoms with Crippen molar-refractivity contribution in [1.29, 1.82) is 0 Å². The molecule has 0 aliphatic rings. The van der Waals surface area contributed by atoms with Crippen LogP contribution in [0.1, 0.15) is 5.56 Å². The van der Waals surface area contributed by atoms with Gasteiger partial charge in [-0.05, 0) is 36.8 Å². The number of carbonyl (C=O) groups is 1. The van der Waals surface area contributed by atoms with Crippen LogP contribution >= 0.6 is 11.6 Å². The first-order chi connectivity index (χ1) is 9.66. The second kappa shape index (κ2) is 5.02. The van der Waals surface area contributed by atoms with Crippen LogP contribution in [0.4, 0.5) is 10.5 Å². The lowest BCUT2D eigenvalue weighted by Gasteiger charge is -2.10. The van der Waals surface area contributed by atoms with Gasteiger partial charge in [-0.15, -0.1) is 0 Å². The number of para-hydroxylation sites is 1. The normalized spacial score (nSPS) is 10.7. The van der Waals surface area contributed by atoms with Crippen molar-refractivity contribution in [2.75, 3.05) is 5.32 Å². The van der Waals surface area contributed by atoms with Crippen LogP contribution in [0, 0.1) is 6.92 Å². The molecule has 0 saturated heterocycles. The first-order valence-corrected chi connectivity index (χ1v) is 6.67. The highest BCUT2D eigenvalue weighted by Gasteiger charge is 2.10. The summed E-state index contributed by atoms with van der Waals surface area (Å²) < 4.78 is 1.59. The minimum absolute atomic E-state index is 0.198. The Kier molecular flexibility index (Phi) is 3.20. The number of anilines is 1. The third-order valence-corrected chi connectivity index (χ3v) is 3.74. The molecule has 0 atom stereocenters. The molecule has 0 fully saturated rings. The molecule has 0 spiro atoms. The number of halogens is 1. The summed E-state index contributed by atoms with van der Waals surface area (Å²) in [5.74, 6) is 0. The Labute approximate surface area is 121 Å². The van der Waals surface area contributed by atoms with Gasteiger partial charge in [0, 0.05) is 22.3 Å². The molecule has 3 nitrogen and oxygen atoms in total. The third-order valence-electron chi connectivity index (χ3n) is 3.33. The van der Waals surface area contributed by atoms with Crippen LogP contribution in [0.2, 0.25) is 5.02 Å². The van der Waals surface area contributed by atoms with Crippen molar-refractivity contribution in [2.45, 2.75) is 6.92 Å². The van der Waals surface area contributed by atoms with Gasteiger partial charge in [0.1, 0.15) is 0 Å². The molecule has 0 aliphatic heterocycles. The maximum Gasteiger partial charge on any atom is 0.330 e. The molecule has 0 saturated carbocycles. The molecule has 4 heteroatoms. The highest BCUT2D eigenvalue weighted by Crippen LogP contribution is 2.23. The fourth-order valence-electron chi connectivity index (χ4n) is 2.18. The molecule has 100 valence electrons. The van der Waals surface area contributed by atoms with E-state index in [1.165, 1.54) is 0 Å².